The van der Waals surface area contributed by atoms with Gasteiger partial charge in [0.1, 0.15) is 0 Å². The van der Waals surface area contributed by atoms with Gasteiger partial charge in [-0.05, 0) is 18.2 Å². The van der Waals surface area contributed by atoms with Gasteiger partial charge in [0.25, 0.3) is 0 Å². The van der Waals surface area contributed by atoms with Crippen LogP contribution in [-0.2, 0) is 0 Å². The third kappa shape index (κ3) is 1.54. The van der Waals surface area contributed by atoms with Crippen molar-refractivity contribution in [2.24, 2.45) is 0 Å². The molecule has 0 saturated heterocycles. The van der Waals surface area contributed by atoms with Gasteiger partial charge in [0, 0.05) is 10.9 Å². The van der Waals surface area contributed by atoms with Crippen molar-refractivity contribution < 1.29 is 0 Å². The molecule has 2 heteroatoms. The maximum absolute atomic E-state index is 4.20. The van der Waals surface area contributed by atoms with Gasteiger partial charge in [-0.1, -0.05) is 42.5 Å². The normalized spacial score (nSPS) is 10.5. The summed E-state index contributed by atoms with van der Waals surface area (Å²) in [5, 5.41) is 9.49. The lowest BCUT2D eigenvalue weighted by Gasteiger charge is -2.00. The Morgan fingerprint density at radius 1 is 0.875 bits per heavy atom. The van der Waals surface area contributed by atoms with E-state index in [9.17, 15) is 0 Å². The quantitative estimate of drug-likeness (QED) is 0.610. The van der Waals surface area contributed by atoms with Crippen LogP contribution in [0.1, 0.15) is 0 Å². The molecule has 16 heavy (non-hydrogen) atoms. The van der Waals surface area contributed by atoms with Crippen LogP contribution in [0.2, 0.25) is 0 Å². The van der Waals surface area contributed by atoms with Gasteiger partial charge in [-0.15, -0.1) is 10.2 Å². The minimum atomic E-state index is 0.860. The first kappa shape index (κ1) is 9.04. The molecule has 0 spiro atoms. The lowest BCUT2D eigenvalue weighted by atomic mass is 10.1. The Kier molecular flexibility index (Phi) is 2.11. The molecule has 2 aromatic carbocycles. The second kappa shape index (κ2) is 3.74. The molecule has 3 aromatic rings. The Bertz CT molecular complexity index is 618. The van der Waals surface area contributed by atoms with Crippen LogP contribution in [0.3, 0.4) is 0 Å². The van der Waals surface area contributed by atoms with Crippen LogP contribution < -0.4 is 0 Å². The molecule has 0 amide bonds. The van der Waals surface area contributed by atoms with E-state index in [-0.39, 0.29) is 0 Å². The highest BCUT2D eigenvalue weighted by atomic mass is 15.1. The lowest BCUT2D eigenvalue weighted by Crippen LogP contribution is -1.88. The van der Waals surface area contributed by atoms with E-state index in [2.05, 4.69) is 16.3 Å². The van der Waals surface area contributed by atoms with Crippen LogP contribution >= 0.6 is 0 Å². The molecule has 75 valence electrons. The summed E-state index contributed by atoms with van der Waals surface area (Å²) in [5.74, 6) is 0. The predicted molar refractivity (Wildman–Crippen MR) is 63.8 cm³/mol. The van der Waals surface area contributed by atoms with Gasteiger partial charge in [-0.25, -0.2) is 0 Å². The van der Waals surface area contributed by atoms with Crippen LogP contribution in [-0.4, -0.2) is 10.2 Å². The second-order valence-electron chi connectivity index (χ2n) is 3.56. The third-order valence-electron chi connectivity index (χ3n) is 2.48. The molecule has 1 aromatic heterocycles. The molecule has 0 N–H and O–H groups in total. The predicted octanol–water partition coefficient (Wildman–Crippen LogP) is 3.10. The Balaban J connectivity index is 2.19. The number of rotatable bonds is 1. The lowest BCUT2D eigenvalue weighted by molar-refractivity contribution is 1.08. The molecule has 1 radical (unpaired) electrons. The zero-order valence-electron chi connectivity index (χ0n) is 8.59. The van der Waals surface area contributed by atoms with Gasteiger partial charge < -0.3 is 0 Å². The fourth-order valence-corrected chi connectivity index (χ4v) is 1.67. The zero-order valence-corrected chi connectivity index (χ0v) is 8.59. The Morgan fingerprint density at radius 3 is 2.62 bits per heavy atom. The summed E-state index contributed by atoms with van der Waals surface area (Å²) in [6, 6.07) is 20.9. The molecule has 0 bridgehead atoms. The van der Waals surface area contributed by atoms with E-state index >= 15 is 0 Å². The highest BCUT2D eigenvalue weighted by Crippen LogP contribution is 2.19. The van der Waals surface area contributed by atoms with Crippen molar-refractivity contribution in [1.29, 1.82) is 0 Å². The molecule has 0 aliphatic carbocycles. The number of nitrogens with zero attached hydrogens (tertiary/aromatic N) is 2. The third-order valence-corrected chi connectivity index (χ3v) is 2.48. The standard InChI is InChI=1S/C14H9N2/c1-2-6-11(7-3-1)14-10-12-8-4-5-9-13(12)15-16-14/h1-6,8-10H. The first-order valence-electron chi connectivity index (χ1n) is 5.13. The summed E-state index contributed by atoms with van der Waals surface area (Å²) in [6.07, 6.45) is 0. The molecule has 0 aliphatic rings. The molecular weight excluding hydrogens is 196 g/mol. The topological polar surface area (TPSA) is 25.8 Å². The first-order chi connectivity index (χ1) is 7.93. The summed E-state index contributed by atoms with van der Waals surface area (Å²) < 4.78 is 0. The highest BCUT2D eigenvalue weighted by Gasteiger charge is 2.01. The molecule has 0 unspecified atom stereocenters. The van der Waals surface area contributed by atoms with Crippen molar-refractivity contribution in [2.45, 2.75) is 0 Å². The largest absolute Gasteiger partial charge is 0.150 e. The Morgan fingerprint density at radius 2 is 1.75 bits per heavy atom. The number of hydrogen-bond acceptors (Lipinski definition) is 2. The summed E-state index contributed by atoms with van der Waals surface area (Å²) in [4.78, 5) is 0. The van der Waals surface area contributed by atoms with E-state index < -0.39 is 0 Å². The molecular formula is C14H9N2. The fraction of sp³-hybridized carbons (Fsp3) is 0. The van der Waals surface area contributed by atoms with Gasteiger partial charge in [0.15, 0.2) is 0 Å². The smallest absolute Gasteiger partial charge is 0.0942 e. The Labute approximate surface area is 93.6 Å². The van der Waals surface area contributed by atoms with Crippen molar-refractivity contribution >= 4 is 10.9 Å². The van der Waals surface area contributed by atoms with E-state index in [1.54, 1.807) is 0 Å². The number of aromatic nitrogens is 2. The molecule has 0 saturated carbocycles. The maximum Gasteiger partial charge on any atom is 0.0942 e. The Hall–Kier alpha value is -2.22. The van der Waals surface area contributed by atoms with Crippen LogP contribution in [0, 0.1) is 6.07 Å². The van der Waals surface area contributed by atoms with Crippen LogP contribution in [0.5, 0.6) is 0 Å². The molecule has 0 fully saturated rings. The van der Waals surface area contributed by atoms with Crippen molar-refractivity contribution in [3.05, 3.63) is 60.7 Å². The average molecular weight is 205 g/mol. The van der Waals surface area contributed by atoms with E-state index in [0.29, 0.717) is 0 Å². The molecule has 2 nitrogen and oxygen atoms in total. The van der Waals surface area contributed by atoms with Crippen molar-refractivity contribution in [2.75, 3.05) is 0 Å². The summed E-state index contributed by atoms with van der Waals surface area (Å²) in [6.45, 7) is 0. The summed E-state index contributed by atoms with van der Waals surface area (Å²) >= 11 is 0. The fourth-order valence-electron chi connectivity index (χ4n) is 1.67. The SMILES string of the molecule is [c]1ccccc1-c1cc2ccccc2nn1. The minimum Gasteiger partial charge on any atom is -0.150 e. The van der Waals surface area contributed by atoms with Gasteiger partial charge >= 0.3 is 0 Å². The highest BCUT2D eigenvalue weighted by molar-refractivity contribution is 5.81. The molecule has 1 heterocycles. The van der Waals surface area contributed by atoms with Crippen molar-refractivity contribution in [3.63, 3.8) is 0 Å². The van der Waals surface area contributed by atoms with Crippen molar-refractivity contribution in [3.8, 4) is 11.3 Å². The van der Waals surface area contributed by atoms with E-state index in [0.717, 1.165) is 22.2 Å². The number of benzene rings is 2. The van der Waals surface area contributed by atoms with E-state index in [4.69, 9.17) is 0 Å². The second-order valence-corrected chi connectivity index (χ2v) is 3.56. The van der Waals surface area contributed by atoms with Crippen LogP contribution in [0.15, 0.2) is 54.6 Å². The maximum atomic E-state index is 4.20. The molecule has 3 rings (SSSR count). The van der Waals surface area contributed by atoms with Crippen LogP contribution in [0.25, 0.3) is 22.2 Å². The van der Waals surface area contributed by atoms with Crippen molar-refractivity contribution in [1.82, 2.24) is 10.2 Å². The van der Waals surface area contributed by atoms with Gasteiger partial charge in [-0.2, -0.15) is 0 Å². The molecule has 0 atom stereocenters. The monoisotopic (exact) mass is 205 g/mol. The minimum absolute atomic E-state index is 0.860. The molecule has 0 aliphatic heterocycles. The number of hydrogen-bond donors (Lipinski definition) is 0. The van der Waals surface area contributed by atoms with E-state index in [1.165, 1.54) is 0 Å². The van der Waals surface area contributed by atoms with Gasteiger partial charge in [0.05, 0.1) is 11.2 Å². The van der Waals surface area contributed by atoms with Crippen LogP contribution in [0.4, 0.5) is 0 Å². The summed E-state index contributed by atoms with van der Waals surface area (Å²) in [5.41, 5.74) is 2.75. The van der Waals surface area contributed by atoms with Gasteiger partial charge in [-0.3, -0.25) is 0 Å². The zero-order chi connectivity index (χ0) is 10.8. The van der Waals surface area contributed by atoms with Gasteiger partial charge in [0.2, 0.25) is 0 Å². The number of fused-ring (bicyclic) bond motifs is 1. The van der Waals surface area contributed by atoms with E-state index in [1.807, 2.05) is 54.6 Å². The first-order valence-corrected chi connectivity index (χ1v) is 5.13. The summed E-state index contributed by atoms with van der Waals surface area (Å²) in [7, 11) is 0. The average Bonchev–Trinajstić information content (AvgIpc) is 2.39.